The van der Waals surface area contributed by atoms with Crippen LogP contribution in [0.2, 0.25) is 10.0 Å². The Morgan fingerprint density at radius 3 is 2.32 bits per heavy atom. The molecule has 0 bridgehead atoms. The Morgan fingerprint density at radius 1 is 1.04 bits per heavy atom. The van der Waals surface area contributed by atoms with E-state index in [2.05, 4.69) is 26.1 Å². The van der Waals surface area contributed by atoms with Crippen molar-refractivity contribution in [3.8, 4) is 0 Å². The van der Waals surface area contributed by atoms with Crippen molar-refractivity contribution in [2.75, 3.05) is 11.9 Å². The fourth-order valence-corrected chi connectivity index (χ4v) is 2.72. The van der Waals surface area contributed by atoms with E-state index < -0.39 is 0 Å². The van der Waals surface area contributed by atoms with Crippen molar-refractivity contribution in [1.29, 1.82) is 0 Å². The molecule has 0 radical (unpaired) electrons. The number of benzene rings is 2. The van der Waals surface area contributed by atoms with Crippen molar-refractivity contribution in [3.05, 3.63) is 58.1 Å². The molecule has 25 heavy (non-hydrogen) atoms. The Morgan fingerprint density at radius 2 is 1.68 bits per heavy atom. The minimum Gasteiger partial charge on any atom is -0.465 e. The number of nitrogens with one attached hydrogen (secondary N) is 1. The van der Waals surface area contributed by atoms with Crippen molar-refractivity contribution in [2.45, 2.75) is 33.6 Å². The fraction of sp³-hybridized carbons (Fsp3) is 0.350. The minimum atomic E-state index is -0.247. The number of anilines is 2. The zero-order chi connectivity index (χ0) is 18.4. The van der Waals surface area contributed by atoms with Gasteiger partial charge in [-0.3, -0.25) is 4.79 Å². The van der Waals surface area contributed by atoms with Gasteiger partial charge in [0.1, 0.15) is 0 Å². The van der Waals surface area contributed by atoms with Gasteiger partial charge in [-0.25, -0.2) is 0 Å². The third-order valence-corrected chi connectivity index (χ3v) is 4.32. The molecule has 0 saturated carbocycles. The second-order valence-electron chi connectivity index (χ2n) is 7.09. The molecule has 0 fully saturated rings. The van der Waals surface area contributed by atoms with Gasteiger partial charge in [-0.05, 0) is 35.6 Å². The third-order valence-electron chi connectivity index (χ3n) is 3.69. The maximum Gasteiger partial charge on any atom is 0.310 e. The van der Waals surface area contributed by atoms with Gasteiger partial charge in [0.2, 0.25) is 0 Å². The molecule has 134 valence electrons. The van der Waals surface area contributed by atoms with Crippen molar-refractivity contribution in [1.82, 2.24) is 0 Å². The lowest BCUT2D eigenvalue weighted by Gasteiger charge is -2.18. The molecule has 0 atom stereocenters. The lowest BCUT2D eigenvalue weighted by atomic mass is 9.93. The summed E-state index contributed by atoms with van der Waals surface area (Å²) in [6.45, 7) is 6.78. The van der Waals surface area contributed by atoms with Crippen molar-refractivity contribution in [3.63, 3.8) is 0 Å². The van der Waals surface area contributed by atoms with Crippen LogP contribution >= 0.6 is 23.2 Å². The number of carbonyl (C=O) groups is 1. The van der Waals surface area contributed by atoms with Crippen LogP contribution in [-0.2, 0) is 16.0 Å². The van der Waals surface area contributed by atoms with E-state index in [1.807, 2.05) is 24.3 Å². The van der Waals surface area contributed by atoms with Crippen molar-refractivity contribution < 1.29 is 9.53 Å². The fourth-order valence-electron chi connectivity index (χ4n) is 2.23. The van der Waals surface area contributed by atoms with Gasteiger partial charge in [0.15, 0.2) is 0 Å². The molecule has 0 aliphatic heterocycles. The van der Waals surface area contributed by atoms with Gasteiger partial charge in [0.05, 0.1) is 28.8 Å². The Labute approximate surface area is 159 Å². The number of para-hydroxylation sites is 2. The Balaban J connectivity index is 2.07. The van der Waals surface area contributed by atoms with E-state index >= 15 is 0 Å². The Kier molecular flexibility index (Phi) is 6.74. The Hall–Kier alpha value is -1.71. The van der Waals surface area contributed by atoms with Crippen molar-refractivity contribution in [2.24, 2.45) is 5.41 Å². The minimum absolute atomic E-state index is 0.139. The molecule has 0 aliphatic carbocycles. The predicted octanol–water partition coefficient (Wildman–Crippen LogP) is 6.26. The second-order valence-corrected chi connectivity index (χ2v) is 7.90. The van der Waals surface area contributed by atoms with E-state index in [-0.39, 0.29) is 17.8 Å². The average molecular weight is 380 g/mol. The largest absolute Gasteiger partial charge is 0.465 e. The van der Waals surface area contributed by atoms with Crippen LogP contribution in [0.15, 0.2) is 42.5 Å². The highest BCUT2D eigenvalue weighted by Crippen LogP contribution is 2.33. The van der Waals surface area contributed by atoms with E-state index in [0.29, 0.717) is 22.3 Å². The molecule has 0 saturated heterocycles. The topological polar surface area (TPSA) is 38.3 Å². The van der Waals surface area contributed by atoms with Crippen LogP contribution in [0.1, 0.15) is 32.8 Å². The monoisotopic (exact) mass is 379 g/mol. The van der Waals surface area contributed by atoms with Crippen LogP contribution in [0.3, 0.4) is 0 Å². The van der Waals surface area contributed by atoms with Gasteiger partial charge in [0.25, 0.3) is 0 Å². The summed E-state index contributed by atoms with van der Waals surface area (Å²) in [5, 5.41) is 4.27. The van der Waals surface area contributed by atoms with E-state index in [1.165, 1.54) is 0 Å². The molecule has 0 spiro atoms. The quantitative estimate of drug-likeness (QED) is 0.601. The molecule has 2 rings (SSSR count). The number of carbonyl (C=O) groups excluding carboxylic acids is 1. The predicted molar refractivity (Wildman–Crippen MR) is 105 cm³/mol. The normalized spacial score (nSPS) is 11.2. The van der Waals surface area contributed by atoms with E-state index in [4.69, 9.17) is 27.9 Å². The summed E-state index contributed by atoms with van der Waals surface area (Å²) in [5.41, 5.74) is 2.38. The first-order valence-corrected chi connectivity index (χ1v) is 8.96. The van der Waals surface area contributed by atoms with Gasteiger partial charge < -0.3 is 10.1 Å². The maximum absolute atomic E-state index is 12.1. The van der Waals surface area contributed by atoms with Crippen LogP contribution in [0.25, 0.3) is 0 Å². The number of halogens is 2. The molecule has 0 unspecified atom stereocenters. The van der Waals surface area contributed by atoms with Gasteiger partial charge in [-0.2, -0.15) is 0 Å². The van der Waals surface area contributed by atoms with E-state index in [1.54, 1.807) is 18.2 Å². The molecule has 0 amide bonds. The molecule has 0 aliphatic rings. The summed E-state index contributed by atoms with van der Waals surface area (Å²) >= 11 is 12.4. The SMILES string of the molecule is CC(C)(C)CCOC(=O)Cc1ccccc1Nc1c(Cl)cccc1Cl. The van der Waals surface area contributed by atoms with Crippen LogP contribution in [0, 0.1) is 5.41 Å². The van der Waals surface area contributed by atoms with Crippen molar-refractivity contribution >= 4 is 40.5 Å². The van der Waals surface area contributed by atoms with Crippen LogP contribution < -0.4 is 5.32 Å². The van der Waals surface area contributed by atoms with Gasteiger partial charge in [-0.15, -0.1) is 0 Å². The number of hydrogen-bond acceptors (Lipinski definition) is 3. The summed E-state index contributed by atoms with van der Waals surface area (Å²) in [6, 6.07) is 12.9. The summed E-state index contributed by atoms with van der Waals surface area (Å²) in [7, 11) is 0. The number of ether oxygens (including phenoxy) is 1. The Bertz CT molecular complexity index is 718. The van der Waals surface area contributed by atoms with Crippen LogP contribution in [0.5, 0.6) is 0 Å². The molecular weight excluding hydrogens is 357 g/mol. The lowest BCUT2D eigenvalue weighted by molar-refractivity contribution is -0.143. The maximum atomic E-state index is 12.1. The van der Waals surface area contributed by atoms with Crippen LogP contribution in [0.4, 0.5) is 11.4 Å². The molecule has 0 heterocycles. The zero-order valence-corrected chi connectivity index (χ0v) is 16.2. The highest BCUT2D eigenvalue weighted by Gasteiger charge is 2.14. The third kappa shape index (κ3) is 6.26. The molecule has 2 aromatic carbocycles. The molecular formula is C20H23Cl2NO2. The lowest BCUT2D eigenvalue weighted by Crippen LogP contribution is -2.15. The van der Waals surface area contributed by atoms with E-state index in [9.17, 15) is 4.79 Å². The summed E-state index contributed by atoms with van der Waals surface area (Å²) in [5.74, 6) is -0.247. The second kappa shape index (κ2) is 8.59. The molecule has 3 nitrogen and oxygen atoms in total. The van der Waals surface area contributed by atoms with Crippen LogP contribution in [-0.4, -0.2) is 12.6 Å². The first-order chi connectivity index (χ1) is 11.8. The average Bonchev–Trinajstić information content (AvgIpc) is 2.51. The number of hydrogen-bond donors (Lipinski definition) is 1. The number of esters is 1. The highest BCUT2D eigenvalue weighted by atomic mass is 35.5. The van der Waals surface area contributed by atoms with Gasteiger partial charge >= 0.3 is 5.97 Å². The molecule has 0 aromatic heterocycles. The van der Waals surface area contributed by atoms with Gasteiger partial charge in [0, 0.05) is 5.69 Å². The van der Waals surface area contributed by atoms with Gasteiger partial charge in [-0.1, -0.05) is 68.2 Å². The summed E-state index contributed by atoms with van der Waals surface area (Å²) < 4.78 is 5.36. The number of rotatable bonds is 6. The smallest absolute Gasteiger partial charge is 0.310 e. The zero-order valence-electron chi connectivity index (χ0n) is 14.7. The summed E-state index contributed by atoms with van der Waals surface area (Å²) in [6.07, 6.45) is 1.02. The first-order valence-electron chi connectivity index (χ1n) is 8.21. The first kappa shape index (κ1) is 19.6. The highest BCUT2D eigenvalue weighted by molar-refractivity contribution is 6.39. The molecule has 5 heteroatoms. The standard InChI is InChI=1S/C20H23Cl2NO2/c1-20(2,3)11-12-25-18(24)13-14-7-4-5-10-17(14)23-19-15(21)8-6-9-16(19)22/h4-10,23H,11-13H2,1-3H3. The molecule has 2 aromatic rings. The summed E-state index contributed by atoms with van der Waals surface area (Å²) in [4.78, 5) is 12.1. The van der Waals surface area contributed by atoms with E-state index in [0.717, 1.165) is 17.7 Å². The molecule has 1 N–H and O–H groups in total.